The van der Waals surface area contributed by atoms with Gasteiger partial charge in [-0.1, -0.05) is 0 Å². The Hall–Kier alpha value is -4.93. The molecule has 13 nitrogen and oxygen atoms in total. The predicted molar refractivity (Wildman–Crippen MR) is 149 cm³/mol. The summed E-state index contributed by atoms with van der Waals surface area (Å²) in [5.41, 5.74) is -0.330. The minimum Gasteiger partial charge on any atom is -0.497 e. The van der Waals surface area contributed by atoms with Crippen LogP contribution < -0.4 is 24.8 Å². The third-order valence-electron chi connectivity index (χ3n) is 5.83. The molecule has 17 heteroatoms. The number of ether oxygens (including phenoxy) is 3. The maximum Gasteiger partial charge on any atom is 0.435 e. The number of sulfone groups is 1. The lowest BCUT2D eigenvalue weighted by Gasteiger charge is -2.14. The lowest BCUT2D eigenvalue weighted by molar-refractivity contribution is -0.141. The molecule has 4 rings (SSSR count). The quantitative estimate of drug-likeness (QED) is 0.253. The molecular weight excluding hydrogens is 595 g/mol. The van der Waals surface area contributed by atoms with E-state index in [0.29, 0.717) is 17.2 Å². The molecule has 1 amide bonds. The van der Waals surface area contributed by atoms with Gasteiger partial charge in [0.2, 0.25) is 11.8 Å². The molecule has 4 aromatic rings. The van der Waals surface area contributed by atoms with Gasteiger partial charge in [0.25, 0.3) is 5.91 Å². The van der Waals surface area contributed by atoms with Crippen LogP contribution >= 0.6 is 0 Å². The van der Waals surface area contributed by atoms with Gasteiger partial charge in [-0.25, -0.2) is 23.1 Å². The van der Waals surface area contributed by atoms with Gasteiger partial charge >= 0.3 is 6.18 Å². The maximum absolute atomic E-state index is 13.4. The zero-order valence-corrected chi connectivity index (χ0v) is 24.1. The molecule has 0 aliphatic heterocycles. The van der Waals surface area contributed by atoms with Gasteiger partial charge in [0, 0.05) is 66.4 Å². The number of rotatable bonds is 11. The van der Waals surface area contributed by atoms with Crippen molar-refractivity contribution in [3.05, 3.63) is 60.2 Å². The fraction of sp³-hybridized carbons (Fsp3) is 0.269. The van der Waals surface area contributed by atoms with Gasteiger partial charge in [0.15, 0.2) is 11.5 Å². The number of carbonyl (C=O) groups is 1. The van der Waals surface area contributed by atoms with Crippen molar-refractivity contribution in [3.8, 4) is 34.3 Å². The van der Waals surface area contributed by atoms with Crippen molar-refractivity contribution in [3.63, 3.8) is 0 Å². The van der Waals surface area contributed by atoms with Crippen LogP contribution in [0.25, 0.3) is 16.9 Å². The van der Waals surface area contributed by atoms with E-state index in [9.17, 15) is 26.4 Å². The number of pyridine rings is 1. The Morgan fingerprint density at radius 1 is 1.00 bits per heavy atom. The number of carbonyl (C=O) groups excluding carboxylic acids is 1. The Bertz CT molecular complexity index is 1720. The van der Waals surface area contributed by atoms with Crippen molar-refractivity contribution in [2.75, 3.05) is 45.2 Å². The molecule has 0 bridgehead atoms. The molecule has 3 heterocycles. The Morgan fingerprint density at radius 3 is 2.28 bits per heavy atom. The zero-order valence-electron chi connectivity index (χ0n) is 23.3. The molecule has 0 atom stereocenters. The molecule has 0 spiro atoms. The van der Waals surface area contributed by atoms with E-state index in [4.69, 9.17) is 14.2 Å². The topological polar surface area (TPSA) is 159 Å². The minimum atomic E-state index is -4.71. The summed E-state index contributed by atoms with van der Waals surface area (Å²) < 4.78 is 79.8. The highest BCUT2D eigenvalue weighted by atomic mass is 32.2. The average Bonchev–Trinajstić information content (AvgIpc) is 3.47. The van der Waals surface area contributed by atoms with Crippen LogP contribution in [0.2, 0.25) is 0 Å². The number of anilines is 2. The van der Waals surface area contributed by atoms with Crippen LogP contribution in [0.5, 0.6) is 17.4 Å². The van der Waals surface area contributed by atoms with E-state index in [0.717, 1.165) is 23.2 Å². The van der Waals surface area contributed by atoms with Crippen LogP contribution in [0.3, 0.4) is 0 Å². The molecule has 2 N–H and O–H groups in total. The highest BCUT2D eigenvalue weighted by molar-refractivity contribution is 7.90. The third kappa shape index (κ3) is 7.68. The van der Waals surface area contributed by atoms with E-state index >= 15 is 0 Å². The van der Waals surface area contributed by atoms with E-state index in [1.807, 2.05) is 0 Å². The first-order valence-electron chi connectivity index (χ1n) is 12.3. The van der Waals surface area contributed by atoms with Gasteiger partial charge < -0.3 is 24.8 Å². The number of nitrogens with one attached hydrogen (secondary N) is 2. The Kier molecular flexibility index (Phi) is 9.03. The van der Waals surface area contributed by atoms with E-state index in [1.165, 1.54) is 39.8 Å². The third-order valence-corrected chi connectivity index (χ3v) is 6.78. The number of methoxy groups -OCH3 is 3. The molecule has 1 aromatic carbocycles. The van der Waals surface area contributed by atoms with Gasteiger partial charge in [-0.05, 0) is 12.1 Å². The maximum atomic E-state index is 13.4. The second-order valence-electron chi connectivity index (χ2n) is 8.97. The van der Waals surface area contributed by atoms with Gasteiger partial charge in [0.1, 0.15) is 26.9 Å². The van der Waals surface area contributed by atoms with Crippen LogP contribution in [-0.4, -0.2) is 78.9 Å². The molecule has 0 saturated heterocycles. The standard InChI is InChI=1S/C26H26F3N7O6S/c1-40-17-10-16(11-18(12-17)41-2)33-25-32-14-20(22(34-25)36-7-5-21(35-36)26(27,28)29)15-9-19(24(42-3)31-13-15)23(37)30-6-8-43(4,38)39/h5,7,9-14H,6,8H2,1-4H3,(H,30,37)(H,32,33,34). The van der Waals surface area contributed by atoms with E-state index in [-0.39, 0.29) is 46.6 Å². The average molecular weight is 622 g/mol. The Morgan fingerprint density at radius 2 is 1.70 bits per heavy atom. The number of aromatic nitrogens is 5. The van der Waals surface area contributed by atoms with E-state index in [1.54, 1.807) is 18.2 Å². The largest absolute Gasteiger partial charge is 0.497 e. The van der Waals surface area contributed by atoms with E-state index < -0.39 is 27.6 Å². The highest BCUT2D eigenvalue weighted by Crippen LogP contribution is 2.32. The fourth-order valence-electron chi connectivity index (χ4n) is 3.78. The lowest BCUT2D eigenvalue weighted by atomic mass is 10.1. The normalized spacial score (nSPS) is 11.6. The molecular formula is C26H26F3N7O6S. The number of benzene rings is 1. The second kappa shape index (κ2) is 12.5. The Labute approximate surface area is 244 Å². The SMILES string of the molecule is COc1cc(Nc2ncc(-c3cnc(OC)c(C(=O)NCCS(C)(=O)=O)c3)c(-n3ccc(C(F)(F)F)n3)n2)cc(OC)c1. The second-order valence-corrected chi connectivity index (χ2v) is 11.2. The number of halogens is 3. The molecule has 3 aromatic heterocycles. The molecule has 228 valence electrons. The summed E-state index contributed by atoms with van der Waals surface area (Å²) in [6, 6.07) is 7.08. The summed E-state index contributed by atoms with van der Waals surface area (Å²) in [4.78, 5) is 25.8. The summed E-state index contributed by atoms with van der Waals surface area (Å²) in [7, 11) is 0.902. The van der Waals surface area contributed by atoms with Crippen molar-refractivity contribution >= 4 is 27.4 Å². The van der Waals surface area contributed by atoms with Crippen LogP contribution in [0.15, 0.2) is 48.9 Å². The lowest BCUT2D eigenvalue weighted by Crippen LogP contribution is -2.29. The van der Waals surface area contributed by atoms with Gasteiger partial charge in [-0.2, -0.15) is 23.3 Å². The predicted octanol–water partition coefficient (Wildman–Crippen LogP) is 3.29. The first-order chi connectivity index (χ1) is 20.3. The van der Waals surface area contributed by atoms with E-state index in [2.05, 4.69) is 30.7 Å². The summed E-state index contributed by atoms with van der Waals surface area (Å²) in [5.74, 6) is -0.176. The molecule has 0 aliphatic carbocycles. The summed E-state index contributed by atoms with van der Waals surface area (Å²) in [5, 5.41) is 9.10. The number of hydrogen-bond donors (Lipinski definition) is 2. The van der Waals surface area contributed by atoms with Crippen molar-refractivity contribution in [2.45, 2.75) is 6.18 Å². The molecule has 0 radical (unpaired) electrons. The molecule has 43 heavy (non-hydrogen) atoms. The first kappa shape index (κ1) is 31.0. The van der Waals surface area contributed by atoms with Crippen molar-refractivity contribution in [2.24, 2.45) is 0 Å². The zero-order chi connectivity index (χ0) is 31.4. The number of amides is 1. The number of hydrogen-bond acceptors (Lipinski definition) is 11. The molecule has 0 fully saturated rings. The van der Waals surface area contributed by atoms with Gasteiger partial charge in [-0.3, -0.25) is 4.79 Å². The van der Waals surface area contributed by atoms with Crippen molar-refractivity contribution in [1.82, 2.24) is 30.0 Å². The summed E-state index contributed by atoms with van der Waals surface area (Å²) in [6.45, 7) is -0.164. The van der Waals surface area contributed by atoms with Crippen LogP contribution in [0.4, 0.5) is 24.8 Å². The summed E-state index contributed by atoms with van der Waals surface area (Å²) >= 11 is 0. The van der Waals surface area contributed by atoms with Crippen LogP contribution in [0.1, 0.15) is 16.1 Å². The van der Waals surface area contributed by atoms with Gasteiger partial charge in [0.05, 0.1) is 27.1 Å². The van der Waals surface area contributed by atoms with Crippen molar-refractivity contribution < 1.29 is 40.6 Å². The monoisotopic (exact) mass is 621 g/mol. The fourth-order valence-corrected chi connectivity index (χ4v) is 4.26. The molecule has 0 saturated carbocycles. The first-order valence-corrected chi connectivity index (χ1v) is 14.4. The molecule has 0 unspecified atom stereocenters. The van der Waals surface area contributed by atoms with Crippen LogP contribution in [0, 0.1) is 0 Å². The summed E-state index contributed by atoms with van der Waals surface area (Å²) in [6.07, 6.45) is 0.0545. The van der Waals surface area contributed by atoms with Gasteiger partial charge in [-0.15, -0.1) is 0 Å². The van der Waals surface area contributed by atoms with Crippen LogP contribution in [-0.2, 0) is 16.0 Å². The smallest absolute Gasteiger partial charge is 0.435 e. The number of nitrogens with zero attached hydrogens (tertiary/aromatic N) is 5. The van der Waals surface area contributed by atoms with Crippen molar-refractivity contribution in [1.29, 1.82) is 0 Å². The molecule has 0 aliphatic rings. The Balaban J connectivity index is 1.79. The highest BCUT2D eigenvalue weighted by Gasteiger charge is 2.34. The number of alkyl halides is 3. The minimum absolute atomic E-state index is 0.00155.